The number of aromatic amines is 1. The molecule has 0 bridgehead atoms. The van der Waals surface area contributed by atoms with Crippen LogP contribution in [-0.4, -0.2) is 15.2 Å². The predicted octanol–water partition coefficient (Wildman–Crippen LogP) is 1.22. The maximum Gasteiger partial charge on any atom is 0.336 e. The summed E-state index contributed by atoms with van der Waals surface area (Å²) >= 11 is 1.33. The van der Waals surface area contributed by atoms with Crippen molar-refractivity contribution in [2.24, 2.45) is 0 Å². The summed E-state index contributed by atoms with van der Waals surface area (Å²) in [6.07, 6.45) is 1.42. The van der Waals surface area contributed by atoms with Crippen LogP contribution in [-0.2, 0) is 0 Å². The summed E-state index contributed by atoms with van der Waals surface area (Å²) in [7, 11) is 0. The van der Waals surface area contributed by atoms with Gasteiger partial charge < -0.3 is 4.42 Å². The first-order valence-electron chi connectivity index (χ1n) is 3.89. The summed E-state index contributed by atoms with van der Waals surface area (Å²) in [4.78, 5) is 15.7. The van der Waals surface area contributed by atoms with Crippen LogP contribution >= 0.6 is 11.8 Å². The molecule has 72 valence electrons. The molecule has 0 saturated carbocycles. The van der Waals surface area contributed by atoms with Gasteiger partial charge in [-0.1, -0.05) is 0 Å². The van der Waals surface area contributed by atoms with Gasteiger partial charge in [-0.2, -0.15) is 5.10 Å². The van der Waals surface area contributed by atoms with E-state index in [0.717, 1.165) is 4.90 Å². The maximum atomic E-state index is 11.0. The van der Waals surface area contributed by atoms with Gasteiger partial charge in [-0.3, -0.25) is 5.10 Å². The van der Waals surface area contributed by atoms with E-state index in [4.69, 9.17) is 4.42 Å². The molecule has 1 N–H and O–H groups in total. The van der Waals surface area contributed by atoms with E-state index < -0.39 is 0 Å². The molecule has 2 rings (SSSR count). The summed E-state index contributed by atoms with van der Waals surface area (Å²) < 4.78 is 4.82. The van der Waals surface area contributed by atoms with E-state index >= 15 is 0 Å². The van der Waals surface area contributed by atoms with Gasteiger partial charge in [-0.15, -0.1) is 0 Å². The van der Waals surface area contributed by atoms with Crippen molar-refractivity contribution >= 4 is 11.8 Å². The van der Waals surface area contributed by atoms with Gasteiger partial charge in [0.25, 0.3) is 0 Å². The van der Waals surface area contributed by atoms with E-state index in [1.54, 1.807) is 13.0 Å². The van der Waals surface area contributed by atoms with Gasteiger partial charge in [-0.25, -0.2) is 9.78 Å². The number of H-pyrrole nitrogens is 1. The van der Waals surface area contributed by atoms with Crippen molar-refractivity contribution < 1.29 is 4.42 Å². The van der Waals surface area contributed by atoms with E-state index in [-0.39, 0.29) is 5.63 Å². The molecule has 0 aliphatic heterocycles. The molecule has 0 amide bonds. The molecule has 0 atom stereocenters. The lowest BCUT2D eigenvalue weighted by molar-refractivity contribution is 0.475. The molecule has 14 heavy (non-hydrogen) atoms. The Bertz CT molecular complexity index is 478. The molecule has 0 aliphatic rings. The molecule has 0 aliphatic carbocycles. The molecule has 0 radical (unpaired) electrons. The van der Waals surface area contributed by atoms with Gasteiger partial charge in [0.2, 0.25) is 0 Å². The highest BCUT2D eigenvalue weighted by Gasteiger charge is 2.02. The van der Waals surface area contributed by atoms with E-state index in [9.17, 15) is 4.79 Å². The predicted molar refractivity (Wildman–Crippen MR) is 50.2 cm³/mol. The molecule has 2 aromatic rings. The van der Waals surface area contributed by atoms with Gasteiger partial charge in [0, 0.05) is 11.0 Å². The lowest BCUT2D eigenvalue weighted by atomic mass is 10.4. The SMILES string of the molecule is Cc1cc(Sc2ncn[nH]2)cc(=O)o1. The number of nitrogens with zero attached hydrogens (tertiary/aromatic N) is 2. The highest BCUT2D eigenvalue weighted by molar-refractivity contribution is 7.99. The van der Waals surface area contributed by atoms with Gasteiger partial charge in [0.1, 0.15) is 12.1 Å². The first kappa shape index (κ1) is 9.01. The average Bonchev–Trinajstić information content (AvgIpc) is 2.54. The monoisotopic (exact) mass is 209 g/mol. The van der Waals surface area contributed by atoms with E-state index in [2.05, 4.69) is 15.2 Å². The molecule has 0 saturated heterocycles. The fraction of sp³-hybridized carbons (Fsp3) is 0.125. The standard InChI is InChI=1S/C8H7N3O2S/c1-5-2-6(3-7(12)13-5)14-8-9-4-10-11-8/h2-4H,1H3,(H,9,10,11). The minimum atomic E-state index is -0.355. The highest BCUT2D eigenvalue weighted by atomic mass is 32.2. The van der Waals surface area contributed by atoms with Crippen molar-refractivity contribution in [1.29, 1.82) is 0 Å². The zero-order chi connectivity index (χ0) is 9.97. The van der Waals surface area contributed by atoms with Crippen molar-refractivity contribution in [2.75, 3.05) is 0 Å². The third-order valence-corrected chi connectivity index (χ3v) is 2.34. The Morgan fingerprint density at radius 2 is 2.36 bits per heavy atom. The molecule has 0 fully saturated rings. The number of nitrogens with one attached hydrogen (secondary N) is 1. The lowest BCUT2D eigenvalue weighted by Crippen LogP contribution is -1.97. The van der Waals surface area contributed by atoms with E-state index in [1.165, 1.54) is 24.2 Å². The molecule has 2 heterocycles. The Balaban J connectivity index is 2.29. The van der Waals surface area contributed by atoms with Crippen LogP contribution in [0.4, 0.5) is 0 Å². The molecule has 5 nitrogen and oxygen atoms in total. The second kappa shape index (κ2) is 3.67. The zero-order valence-corrected chi connectivity index (χ0v) is 8.17. The molecule has 6 heteroatoms. The van der Waals surface area contributed by atoms with Crippen molar-refractivity contribution in [2.45, 2.75) is 17.0 Å². The Labute approximate surface area is 83.6 Å². The summed E-state index contributed by atoms with van der Waals surface area (Å²) in [6, 6.07) is 3.19. The zero-order valence-electron chi connectivity index (χ0n) is 7.35. The van der Waals surface area contributed by atoms with Crippen LogP contribution in [0.15, 0.2) is 37.7 Å². The first-order valence-corrected chi connectivity index (χ1v) is 4.71. The molecular formula is C8H7N3O2S. The van der Waals surface area contributed by atoms with Crippen LogP contribution < -0.4 is 5.63 Å². The number of rotatable bonds is 2. The van der Waals surface area contributed by atoms with Gasteiger partial charge in [0.05, 0.1) is 0 Å². The second-order valence-electron chi connectivity index (χ2n) is 2.62. The van der Waals surface area contributed by atoms with Crippen LogP contribution in [0.3, 0.4) is 0 Å². The summed E-state index contributed by atoms with van der Waals surface area (Å²) in [5.41, 5.74) is -0.355. The average molecular weight is 209 g/mol. The quantitative estimate of drug-likeness (QED) is 0.805. The van der Waals surface area contributed by atoms with E-state index in [0.29, 0.717) is 10.9 Å². The fourth-order valence-electron chi connectivity index (χ4n) is 0.990. The topological polar surface area (TPSA) is 71.8 Å². The Hall–Kier alpha value is -1.56. The third-order valence-electron chi connectivity index (χ3n) is 1.47. The maximum absolute atomic E-state index is 11.0. The van der Waals surface area contributed by atoms with Crippen LogP contribution in [0.5, 0.6) is 0 Å². The van der Waals surface area contributed by atoms with Crippen molar-refractivity contribution in [1.82, 2.24) is 15.2 Å². The molecule has 0 aromatic carbocycles. The molecule has 2 aromatic heterocycles. The smallest absolute Gasteiger partial charge is 0.336 e. The second-order valence-corrected chi connectivity index (χ2v) is 3.68. The fourth-order valence-corrected chi connectivity index (χ4v) is 1.79. The summed E-state index contributed by atoms with van der Waals surface area (Å²) in [5.74, 6) is 0.583. The lowest BCUT2D eigenvalue weighted by Gasteiger charge is -1.96. The van der Waals surface area contributed by atoms with Crippen molar-refractivity contribution in [3.63, 3.8) is 0 Å². The number of aryl methyl sites for hydroxylation is 1. The summed E-state index contributed by atoms with van der Waals surface area (Å²) in [6.45, 7) is 1.73. The van der Waals surface area contributed by atoms with Crippen molar-refractivity contribution in [3.8, 4) is 0 Å². The van der Waals surface area contributed by atoms with Gasteiger partial charge in [-0.05, 0) is 24.8 Å². The first-order chi connectivity index (χ1) is 6.74. The Kier molecular flexibility index (Phi) is 2.36. The van der Waals surface area contributed by atoms with Crippen LogP contribution in [0.1, 0.15) is 5.76 Å². The highest BCUT2D eigenvalue weighted by Crippen LogP contribution is 2.22. The number of hydrogen-bond acceptors (Lipinski definition) is 5. The Morgan fingerprint density at radius 3 is 3.00 bits per heavy atom. The number of aromatic nitrogens is 3. The minimum Gasteiger partial charge on any atom is -0.428 e. The minimum absolute atomic E-state index is 0.355. The molecule has 0 spiro atoms. The van der Waals surface area contributed by atoms with Crippen LogP contribution in [0.2, 0.25) is 0 Å². The van der Waals surface area contributed by atoms with Crippen LogP contribution in [0.25, 0.3) is 0 Å². The number of hydrogen-bond donors (Lipinski definition) is 1. The molecular weight excluding hydrogens is 202 g/mol. The van der Waals surface area contributed by atoms with Crippen molar-refractivity contribution in [3.05, 3.63) is 34.6 Å². The van der Waals surface area contributed by atoms with E-state index in [1.807, 2.05) is 0 Å². The van der Waals surface area contributed by atoms with Gasteiger partial charge in [0.15, 0.2) is 5.16 Å². The van der Waals surface area contributed by atoms with Gasteiger partial charge >= 0.3 is 5.63 Å². The molecule has 0 unspecified atom stereocenters. The largest absolute Gasteiger partial charge is 0.428 e. The Morgan fingerprint density at radius 1 is 1.50 bits per heavy atom. The summed E-state index contributed by atoms with van der Waals surface area (Å²) in [5, 5.41) is 7.05. The third kappa shape index (κ3) is 2.02. The normalized spacial score (nSPS) is 10.4. The van der Waals surface area contributed by atoms with Crippen LogP contribution in [0, 0.1) is 6.92 Å².